The van der Waals surface area contributed by atoms with Crippen molar-refractivity contribution in [3.05, 3.63) is 40.3 Å². The molecule has 1 rings (SSSR count). The highest BCUT2D eigenvalue weighted by atomic mass is 32.1. The maximum Gasteiger partial charge on any atom is 0.345 e. The van der Waals surface area contributed by atoms with Crippen LogP contribution in [0.15, 0.2) is 30.5 Å². The molecule has 1 aromatic rings. The molecule has 1 aromatic heterocycles. The lowest BCUT2D eigenvalue weighted by atomic mass is 10.2. The van der Waals surface area contributed by atoms with Gasteiger partial charge in [0.1, 0.15) is 4.88 Å². The molecule has 0 spiro atoms. The van der Waals surface area contributed by atoms with Gasteiger partial charge in [0, 0.05) is 4.88 Å². The van der Waals surface area contributed by atoms with Gasteiger partial charge in [-0.25, -0.2) is 4.79 Å². The Balaban J connectivity index is 2.91. The van der Waals surface area contributed by atoms with Gasteiger partial charge in [0.2, 0.25) is 0 Å². The van der Waals surface area contributed by atoms with E-state index in [0.29, 0.717) is 4.88 Å². The molecule has 3 nitrogen and oxygen atoms in total. The number of aromatic carboxylic acids is 1. The summed E-state index contributed by atoms with van der Waals surface area (Å²) in [5.41, 5.74) is 8.24. The van der Waals surface area contributed by atoms with E-state index in [2.05, 4.69) is 12.3 Å². The van der Waals surface area contributed by atoms with Gasteiger partial charge < -0.3 is 10.8 Å². The molecule has 1 atom stereocenters. The van der Waals surface area contributed by atoms with Gasteiger partial charge in [0.15, 0.2) is 0 Å². The van der Waals surface area contributed by atoms with Crippen LogP contribution in [-0.2, 0) is 0 Å². The molecule has 0 bridgehead atoms. The van der Waals surface area contributed by atoms with E-state index in [1.54, 1.807) is 18.2 Å². The molecule has 1 heterocycles. The zero-order valence-electron chi connectivity index (χ0n) is 6.86. The van der Waals surface area contributed by atoms with Crippen molar-refractivity contribution < 1.29 is 9.90 Å². The largest absolute Gasteiger partial charge is 0.477 e. The molecular weight excluding hydrogens is 186 g/mol. The third-order valence-electron chi connectivity index (χ3n) is 1.46. The van der Waals surface area contributed by atoms with Crippen molar-refractivity contribution in [3.8, 4) is 0 Å². The van der Waals surface area contributed by atoms with E-state index in [4.69, 9.17) is 10.8 Å². The monoisotopic (exact) mass is 195 g/mol. The number of hydrogen-bond donors (Lipinski definition) is 2. The van der Waals surface area contributed by atoms with E-state index in [9.17, 15) is 4.79 Å². The second-order valence-corrected chi connectivity index (χ2v) is 3.52. The van der Waals surface area contributed by atoms with Crippen LogP contribution in [0.3, 0.4) is 0 Å². The third kappa shape index (κ3) is 2.29. The summed E-state index contributed by atoms with van der Waals surface area (Å²) >= 11 is 1.17. The minimum Gasteiger partial charge on any atom is -0.477 e. The van der Waals surface area contributed by atoms with Crippen molar-refractivity contribution in [2.75, 3.05) is 0 Å². The molecule has 0 amide bonds. The van der Waals surface area contributed by atoms with Crippen molar-refractivity contribution in [2.45, 2.75) is 6.04 Å². The predicted octanol–water partition coefficient (Wildman–Crippen LogP) is 1.79. The topological polar surface area (TPSA) is 63.3 Å². The normalized spacial score (nSPS) is 11.8. The van der Waals surface area contributed by atoms with Crippen LogP contribution in [0.5, 0.6) is 0 Å². The van der Waals surface area contributed by atoms with Crippen LogP contribution in [0.25, 0.3) is 0 Å². The first-order chi connectivity index (χ1) is 6.15. The molecule has 13 heavy (non-hydrogen) atoms. The minimum absolute atomic E-state index is 0.294. The van der Waals surface area contributed by atoms with E-state index in [1.807, 2.05) is 0 Å². The first kappa shape index (κ1) is 9.74. The summed E-state index contributed by atoms with van der Waals surface area (Å²) in [5, 5.41) is 8.64. The van der Waals surface area contributed by atoms with E-state index < -0.39 is 5.97 Å². The van der Waals surface area contributed by atoms with Crippen LogP contribution in [0, 0.1) is 0 Å². The van der Waals surface area contributed by atoms with Crippen LogP contribution in [0.4, 0.5) is 0 Å². The number of nitrogens with two attached hydrogens (primary N) is 1. The molecule has 0 aromatic carbocycles. The molecule has 0 saturated heterocycles. The summed E-state index contributed by atoms with van der Waals surface area (Å²) < 4.78 is 0. The first-order valence-electron chi connectivity index (χ1n) is 3.59. The van der Waals surface area contributed by atoms with Crippen LogP contribution >= 0.6 is 11.3 Å². The van der Waals surface area contributed by atoms with Crippen LogP contribution < -0.4 is 5.73 Å². The molecule has 68 valence electrons. The van der Waals surface area contributed by atoms with Crippen molar-refractivity contribution in [1.82, 2.24) is 0 Å². The van der Waals surface area contributed by atoms with Crippen LogP contribution in [0.2, 0.25) is 0 Å². The Morgan fingerprint density at radius 1 is 1.77 bits per heavy atom. The second kappa shape index (κ2) is 4.05. The zero-order chi connectivity index (χ0) is 9.84. The Hall–Kier alpha value is -1.35. The standard InChI is InChI=1S/C9H9NO2S/c1-2-3-6(10)7-4-5-8(13-7)9(11)12/h3-6H,1,10H2,(H,11,12). The number of thiophene rings is 1. The molecule has 3 N–H and O–H groups in total. The maximum atomic E-state index is 10.5. The highest BCUT2D eigenvalue weighted by Gasteiger charge is 2.09. The van der Waals surface area contributed by atoms with E-state index in [1.165, 1.54) is 11.3 Å². The van der Waals surface area contributed by atoms with Gasteiger partial charge in [0.25, 0.3) is 0 Å². The number of carboxylic acids is 1. The van der Waals surface area contributed by atoms with Gasteiger partial charge in [-0.2, -0.15) is 0 Å². The van der Waals surface area contributed by atoms with E-state index in [0.717, 1.165) is 4.88 Å². The maximum absolute atomic E-state index is 10.5. The molecule has 0 fully saturated rings. The zero-order valence-corrected chi connectivity index (χ0v) is 7.67. The van der Waals surface area contributed by atoms with Gasteiger partial charge >= 0.3 is 5.97 Å². The molecule has 0 radical (unpaired) electrons. The highest BCUT2D eigenvalue weighted by Crippen LogP contribution is 2.22. The predicted molar refractivity (Wildman–Crippen MR) is 51.9 cm³/mol. The van der Waals surface area contributed by atoms with E-state index >= 15 is 0 Å². The fourth-order valence-electron chi connectivity index (χ4n) is 0.856. The van der Waals surface area contributed by atoms with Crippen molar-refractivity contribution in [1.29, 1.82) is 0 Å². The summed E-state index contributed by atoms with van der Waals surface area (Å²) in [4.78, 5) is 11.6. The Morgan fingerprint density at radius 3 is 2.92 bits per heavy atom. The number of carboxylic acid groups (broad SMARTS) is 1. The minimum atomic E-state index is -0.925. The van der Waals surface area contributed by atoms with Gasteiger partial charge in [-0.15, -0.1) is 17.1 Å². The fraction of sp³-hybridized carbons (Fsp3) is 0.111. The Bertz CT molecular complexity index is 363. The van der Waals surface area contributed by atoms with Crippen LogP contribution in [-0.4, -0.2) is 11.1 Å². The molecule has 4 heteroatoms. The number of hydrogen-bond acceptors (Lipinski definition) is 3. The molecule has 0 aliphatic heterocycles. The average Bonchev–Trinajstić information content (AvgIpc) is 2.52. The van der Waals surface area contributed by atoms with Crippen LogP contribution in [0.1, 0.15) is 20.6 Å². The molecule has 0 aliphatic rings. The Morgan fingerprint density at radius 2 is 2.46 bits per heavy atom. The molecule has 0 aliphatic carbocycles. The summed E-state index contributed by atoms with van der Waals surface area (Å²) in [6.45, 7) is 3.40. The lowest BCUT2D eigenvalue weighted by Crippen LogP contribution is -2.03. The van der Waals surface area contributed by atoms with Gasteiger partial charge in [0.05, 0.1) is 6.04 Å². The quantitative estimate of drug-likeness (QED) is 0.723. The highest BCUT2D eigenvalue weighted by molar-refractivity contribution is 7.14. The summed E-state index contributed by atoms with van der Waals surface area (Å²) in [7, 11) is 0. The van der Waals surface area contributed by atoms with Crippen molar-refractivity contribution in [3.63, 3.8) is 0 Å². The summed E-state index contributed by atoms with van der Waals surface area (Å²) in [6, 6.07) is 2.93. The molecule has 0 saturated carbocycles. The smallest absolute Gasteiger partial charge is 0.345 e. The number of carbonyl (C=O) groups is 1. The third-order valence-corrected chi connectivity index (χ3v) is 2.64. The summed E-state index contributed by atoms with van der Waals surface area (Å²) in [6.07, 6.45) is 1.59. The van der Waals surface area contributed by atoms with Gasteiger partial charge in [-0.1, -0.05) is 6.58 Å². The number of rotatable bonds is 3. The SMILES string of the molecule is C=C=CC(N)c1ccc(C(=O)O)s1. The Labute approximate surface area is 79.8 Å². The lowest BCUT2D eigenvalue weighted by molar-refractivity contribution is 0.0702. The fourth-order valence-corrected chi connectivity index (χ4v) is 1.67. The van der Waals surface area contributed by atoms with Gasteiger partial charge in [-0.05, 0) is 18.2 Å². The average molecular weight is 195 g/mol. The Kier molecular flexibility index (Phi) is 3.03. The van der Waals surface area contributed by atoms with Crippen molar-refractivity contribution in [2.24, 2.45) is 5.73 Å². The molecule has 1 unspecified atom stereocenters. The second-order valence-electron chi connectivity index (χ2n) is 2.40. The lowest BCUT2D eigenvalue weighted by Gasteiger charge is -1.99. The summed E-state index contributed by atoms with van der Waals surface area (Å²) in [5.74, 6) is -0.925. The van der Waals surface area contributed by atoms with Crippen molar-refractivity contribution >= 4 is 17.3 Å². The van der Waals surface area contributed by atoms with E-state index in [-0.39, 0.29) is 6.04 Å². The molecular formula is C9H9NO2S. The van der Waals surface area contributed by atoms with Gasteiger partial charge in [-0.3, -0.25) is 0 Å². The first-order valence-corrected chi connectivity index (χ1v) is 4.41.